The molecular weight excluding hydrogens is 196 g/mol. The van der Waals surface area contributed by atoms with Gasteiger partial charge in [-0.2, -0.15) is 0 Å². The monoisotopic (exact) mass is 216 g/mol. The van der Waals surface area contributed by atoms with Gasteiger partial charge in [-0.1, -0.05) is 6.92 Å². The number of nitrogens with zero attached hydrogens (tertiary/aromatic N) is 1. The second-order valence-electron chi connectivity index (χ2n) is 4.54. The van der Waals surface area contributed by atoms with Crippen LogP contribution >= 0.6 is 0 Å². The van der Waals surface area contributed by atoms with Crippen molar-refractivity contribution in [1.29, 1.82) is 0 Å². The molecule has 2 saturated heterocycles. The van der Waals surface area contributed by atoms with Crippen LogP contribution in [0.3, 0.4) is 0 Å². The minimum atomic E-state index is -0.536. The maximum absolute atomic E-state index is 11.2. The number of rotatable bonds is 1. The second-order valence-corrected chi connectivity index (χ2v) is 6.23. The highest BCUT2D eigenvalue weighted by atomic mass is 32.2. The Labute approximate surface area is 88.7 Å². The Morgan fingerprint density at radius 2 is 2.00 bits per heavy atom. The normalized spacial score (nSPS) is 37.2. The van der Waals surface area contributed by atoms with Gasteiger partial charge in [0.1, 0.15) is 0 Å². The molecule has 0 aromatic rings. The van der Waals surface area contributed by atoms with Crippen molar-refractivity contribution < 1.29 is 4.21 Å². The van der Waals surface area contributed by atoms with E-state index in [-0.39, 0.29) is 0 Å². The smallest absolute Gasteiger partial charge is 0.0363 e. The fraction of sp³-hybridized carbons (Fsp3) is 1.00. The van der Waals surface area contributed by atoms with Gasteiger partial charge in [0, 0.05) is 48.0 Å². The van der Waals surface area contributed by atoms with E-state index < -0.39 is 10.8 Å². The summed E-state index contributed by atoms with van der Waals surface area (Å²) in [5, 5.41) is 3.48. The molecular formula is C10H20N2OS. The molecule has 4 heteroatoms. The molecule has 0 aromatic carbocycles. The Kier molecular flexibility index (Phi) is 3.57. The van der Waals surface area contributed by atoms with Crippen LogP contribution in [0.4, 0.5) is 0 Å². The van der Waals surface area contributed by atoms with Gasteiger partial charge in [-0.15, -0.1) is 0 Å². The first-order chi connectivity index (χ1) is 6.75. The first kappa shape index (κ1) is 10.6. The maximum atomic E-state index is 11.2. The zero-order chi connectivity index (χ0) is 9.97. The molecule has 0 aliphatic carbocycles. The molecule has 2 heterocycles. The zero-order valence-corrected chi connectivity index (χ0v) is 9.68. The van der Waals surface area contributed by atoms with Crippen LogP contribution in [0, 0.1) is 5.92 Å². The summed E-state index contributed by atoms with van der Waals surface area (Å²) in [7, 11) is -0.536. The minimum absolute atomic E-state index is 0.536. The first-order valence-corrected chi connectivity index (χ1v) is 7.04. The van der Waals surface area contributed by atoms with Gasteiger partial charge in [0.2, 0.25) is 0 Å². The standard InChI is InChI=1S/C10H20N2OS/c1-9-6-10(8-11-7-9)12-2-4-14(13)5-3-12/h9-11H,2-8H2,1H3. The lowest BCUT2D eigenvalue weighted by molar-refractivity contribution is 0.157. The molecule has 0 radical (unpaired) electrons. The summed E-state index contributed by atoms with van der Waals surface area (Å²) in [5.74, 6) is 2.55. The van der Waals surface area contributed by atoms with Crippen molar-refractivity contribution in [3.05, 3.63) is 0 Å². The summed E-state index contributed by atoms with van der Waals surface area (Å²) < 4.78 is 11.2. The van der Waals surface area contributed by atoms with E-state index in [4.69, 9.17) is 0 Å². The van der Waals surface area contributed by atoms with Gasteiger partial charge < -0.3 is 5.32 Å². The van der Waals surface area contributed by atoms with E-state index in [0.717, 1.165) is 43.6 Å². The molecule has 0 bridgehead atoms. The summed E-state index contributed by atoms with van der Waals surface area (Å²) in [6.07, 6.45) is 1.31. The van der Waals surface area contributed by atoms with Crippen LogP contribution in [-0.4, -0.2) is 52.8 Å². The number of hydrogen-bond acceptors (Lipinski definition) is 3. The second kappa shape index (κ2) is 4.73. The molecule has 82 valence electrons. The Morgan fingerprint density at radius 3 is 2.64 bits per heavy atom. The van der Waals surface area contributed by atoms with Crippen molar-refractivity contribution in [2.75, 3.05) is 37.7 Å². The molecule has 14 heavy (non-hydrogen) atoms. The Balaban J connectivity index is 1.85. The summed E-state index contributed by atoms with van der Waals surface area (Å²) in [5.41, 5.74) is 0. The van der Waals surface area contributed by atoms with Crippen LogP contribution in [-0.2, 0) is 10.8 Å². The molecule has 2 unspecified atom stereocenters. The highest BCUT2D eigenvalue weighted by molar-refractivity contribution is 7.85. The van der Waals surface area contributed by atoms with E-state index in [9.17, 15) is 4.21 Å². The molecule has 2 aliphatic heterocycles. The maximum Gasteiger partial charge on any atom is 0.0363 e. The average Bonchev–Trinajstić information content (AvgIpc) is 2.19. The van der Waals surface area contributed by atoms with E-state index in [2.05, 4.69) is 17.1 Å². The predicted molar refractivity (Wildman–Crippen MR) is 59.9 cm³/mol. The van der Waals surface area contributed by atoms with Crippen LogP contribution < -0.4 is 5.32 Å². The molecule has 1 N–H and O–H groups in total. The van der Waals surface area contributed by atoms with E-state index in [1.165, 1.54) is 6.42 Å². The first-order valence-electron chi connectivity index (χ1n) is 5.55. The van der Waals surface area contributed by atoms with Crippen LogP contribution in [0.15, 0.2) is 0 Å². The summed E-state index contributed by atoms with van der Waals surface area (Å²) in [6, 6.07) is 0.691. The molecule has 2 atom stereocenters. The summed E-state index contributed by atoms with van der Waals surface area (Å²) in [6.45, 7) is 6.66. The molecule has 2 rings (SSSR count). The van der Waals surface area contributed by atoms with Crippen molar-refractivity contribution in [2.24, 2.45) is 5.92 Å². The van der Waals surface area contributed by atoms with Gasteiger partial charge in [0.15, 0.2) is 0 Å². The topological polar surface area (TPSA) is 32.3 Å². The summed E-state index contributed by atoms with van der Waals surface area (Å²) >= 11 is 0. The molecule has 2 aliphatic rings. The van der Waals surface area contributed by atoms with Crippen LogP contribution in [0.2, 0.25) is 0 Å². The van der Waals surface area contributed by atoms with E-state index in [1.54, 1.807) is 0 Å². The van der Waals surface area contributed by atoms with Crippen LogP contribution in [0.25, 0.3) is 0 Å². The number of nitrogens with one attached hydrogen (secondary N) is 1. The van der Waals surface area contributed by atoms with Gasteiger partial charge in [-0.25, -0.2) is 0 Å². The van der Waals surface area contributed by atoms with Crippen molar-refractivity contribution in [1.82, 2.24) is 10.2 Å². The molecule has 0 aromatic heterocycles. The quantitative estimate of drug-likeness (QED) is 0.672. The highest BCUT2D eigenvalue weighted by Gasteiger charge is 2.26. The van der Waals surface area contributed by atoms with Gasteiger partial charge >= 0.3 is 0 Å². The van der Waals surface area contributed by atoms with E-state index in [1.807, 2.05) is 0 Å². The van der Waals surface area contributed by atoms with E-state index >= 15 is 0 Å². The minimum Gasteiger partial charge on any atom is -0.315 e. The third kappa shape index (κ3) is 2.55. The number of hydrogen-bond donors (Lipinski definition) is 1. The van der Waals surface area contributed by atoms with Gasteiger partial charge in [0.25, 0.3) is 0 Å². The number of piperidine rings is 1. The van der Waals surface area contributed by atoms with Crippen LogP contribution in [0.5, 0.6) is 0 Å². The Bertz CT molecular complexity index is 212. The van der Waals surface area contributed by atoms with Crippen molar-refractivity contribution in [2.45, 2.75) is 19.4 Å². The lowest BCUT2D eigenvalue weighted by Crippen LogP contribution is -2.52. The SMILES string of the molecule is CC1CNCC(N2CCS(=O)CC2)C1. The lowest BCUT2D eigenvalue weighted by Gasteiger charge is -2.38. The molecule has 2 fully saturated rings. The fourth-order valence-electron chi connectivity index (χ4n) is 2.42. The van der Waals surface area contributed by atoms with Crippen molar-refractivity contribution >= 4 is 10.8 Å². The Morgan fingerprint density at radius 1 is 1.29 bits per heavy atom. The average molecular weight is 216 g/mol. The van der Waals surface area contributed by atoms with Crippen molar-refractivity contribution in [3.63, 3.8) is 0 Å². The highest BCUT2D eigenvalue weighted by Crippen LogP contribution is 2.16. The Hall–Kier alpha value is 0.0700. The van der Waals surface area contributed by atoms with Crippen LogP contribution in [0.1, 0.15) is 13.3 Å². The largest absolute Gasteiger partial charge is 0.315 e. The fourth-order valence-corrected chi connectivity index (χ4v) is 3.50. The van der Waals surface area contributed by atoms with E-state index in [0.29, 0.717) is 6.04 Å². The predicted octanol–water partition coefficient (Wildman–Crippen LogP) is 0.0487. The lowest BCUT2D eigenvalue weighted by atomic mass is 9.96. The van der Waals surface area contributed by atoms with Gasteiger partial charge in [-0.3, -0.25) is 9.11 Å². The van der Waals surface area contributed by atoms with Crippen molar-refractivity contribution in [3.8, 4) is 0 Å². The molecule has 0 saturated carbocycles. The third-order valence-corrected chi connectivity index (χ3v) is 4.55. The molecule has 0 spiro atoms. The third-order valence-electron chi connectivity index (χ3n) is 3.28. The molecule has 0 amide bonds. The summed E-state index contributed by atoms with van der Waals surface area (Å²) in [4.78, 5) is 2.52. The van der Waals surface area contributed by atoms with Gasteiger partial charge in [0.05, 0.1) is 0 Å². The molecule has 3 nitrogen and oxygen atoms in total. The zero-order valence-electron chi connectivity index (χ0n) is 8.87. The van der Waals surface area contributed by atoms with Gasteiger partial charge in [-0.05, 0) is 18.9 Å².